The lowest BCUT2D eigenvalue weighted by molar-refractivity contribution is -0.116. The average molecular weight is 392 g/mol. The highest BCUT2D eigenvalue weighted by Gasteiger charge is 2.15. The second kappa shape index (κ2) is 8.85. The Morgan fingerprint density at radius 3 is 2.70 bits per heavy atom. The summed E-state index contributed by atoms with van der Waals surface area (Å²) in [5.41, 5.74) is 2.23. The number of halogens is 2. The maximum Gasteiger partial charge on any atom is 0.288 e. The van der Waals surface area contributed by atoms with E-state index < -0.39 is 5.76 Å². The molecule has 1 aliphatic rings. The first kappa shape index (κ1) is 19.2. The number of aryl methyl sites for hydroxylation is 1. The standard InChI is InChI=1S/C19H18F2N2O3S/c20-19(21)27-15-5-1-12(2-6-15)18(25)22-9-10-26-14-4-7-16-13(11-14)3-8-17(24)23-16/h1-2,4-7,11,19H,3,8-10H2,(H,22,25)(H,23,24). The van der Waals surface area contributed by atoms with Crippen LogP contribution in [0.2, 0.25) is 0 Å². The molecule has 2 amide bonds. The largest absolute Gasteiger partial charge is 0.492 e. The number of nitrogens with one attached hydrogen (secondary N) is 2. The number of carbonyl (C=O) groups excluding carboxylic acids is 2. The Morgan fingerprint density at radius 1 is 1.19 bits per heavy atom. The number of anilines is 1. The molecule has 142 valence electrons. The lowest BCUT2D eigenvalue weighted by Gasteiger charge is -2.17. The van der Waals surface area contributed by atoms with Gasteiger partial charge in [0, 0.05) is 22.6 Å². The van der Waals surface area contributed by atoms with Crippen molar-refractivity contribution in [3.05, 3.63) is 53.6 Å². The van der Waals surface area contributed by atoms with Crippen LogP contribution in [0.25, 0.3) is 0 Å². The number of thioether (sulfide) groups is 1. The molecule has 0 spiro atoms. The molecule has 0 radical (unpaired) electrons. The summed E-state index contributed by atoms with van der Waals surface area (Å²) in [6.07, 6.45) is 1.13. The Kier molecular flexibility index (Phi) is 6.28. The van der Waals surface area contributed by atoms with Crippen molar-refractivity contribution in [2.45, 2.75) is 23.5 Å². The number of fused-ring (bicyclic) bond motifs is 1. The van der Waals surface area contributed by atoms with Gasteiger partial charge in [-0.15, -0.1) is 0 Å². The third-order valence-corrected chi connectivity index (χ3v) is 4.69. The van der Waals surface area contributed by atoms with Crippen molar-refractivity contribution < 1.29 is 23.1 Å². The van der Waals surface area contributed by atoms with Crippen LogP contribution in [0.5, 0.6) is 5.75 Å². The van der Waals surface area contributed by atoms with Crippen molar-refractivity contribution in [3.63, 3.8) is 0 Å². The van der Waals surface area contributed by atoms with Gasteiger partial charge in [-0.3, -0.25) is 9.59 Å². The Balaban J connectivity index is 1.44. The van der Waals surface area contributed by atoms with Crippen LogP contribution in [0.15, 0.2) is 47.4 Å². The third-order valence-electron chi connectivity index (χ3n) is 3.97. The summed E-state index contributed by atoms with van der Waals surface area (Å²) in [4.78, 5) is 23.8. The molecule has 0 aromatic heterocycles. The smallest absolute Gasteiger partial charge is 0.288 e. The van der Waals surface area contributed by atoms with Gasteiger partial charge in [-0.2, -0.15) is 8.78 Å². The molecule has 0 atom stereocenters. The topological polar surface area (TPSA) is 67.4 Å². The van der Waals surface area contributed by atoms with Crippen LogP contribution in [0.3, 0.4) is 0 Å². The summed E-state index contributed by atoms with van der Waals surface area (Å²) < 4.78 is 30.2. The van der Waals surface area contributed by atoms with Crippen LogP contribution in [-0.2, 0) is 11.2 Å². The molecule has 0 fully saturated rings. The summed E-state index contributed by atoms with van der Waals surface area (Å²) in [7, 11) is 0. The van der Waals surface area contributed by atoms with E-state index in [-0.39, 0.29) is 18.4 Å². The minimum Gasteiger partial charge on any atom is -0.492 e. The molecule has 0 unspecified atom stereocenters. The van der Waals surface area contributed by atoms with Crippen LogP contribution >= 0.6 is 11.8 Å². The van der Waals surface area contributed by atoms with Crippen molar-refractivity contribution in [2.75, 3.05) is 18.5 Å². The quantitative estimate of drug-likeness (QED) is 0.557. The van der Waals surface area contributed by atoms with Crippen LogP contribution in [0.4, 0.5) is 14.5 Å². The van der Waals surface area contributed by atoms with E-state index in [1.54, 1.807) is 12.1 Å². The minimum absolute atomic E-state index is 0.0136. The molecule has 2 aromatic rings. The summed E-state index contributed by atoms with van der Waals surface area (Å²) in [5, 5.41) is 5.53. The van der Waals surface area contributed by atoms with E-state index in [4.69, 9.17) is 4.74 Å². The zero-order valence-corrected chi connectivity index (χ0v) is 15.2. The Labute approximate surface area is 159 Å². The molecule has 0 saturated heterocycles. The molecule has 0 saturated carbocycles. The Bertz CT molecular complexity index is 828. The molecule has 2 N–H and O–H groups in total. The third kappa shape index (κ3) is 5.43. The summed E-state index contributed by atoms with van der Waals surface area (Å²) >= 11 is 0.440. The fourth-order valence-corrected chi connectivity index (χ4v) is 3.17. The monoisotopic (exact) mass is 392 g/mol. The van der Waals surface area contributed by atoms with E-state index in [0.717, 1.165) is 11.3 Å². The fraction of sp³-hybridized carbons (Fsp3) is 0.263. The maximum atomic E-state index is 12.3. The SMILES string of the molecule is O=C1CCc2cc(OCCNC(=O)c3ccc(SC(F)F)cc3)ccc2N1. The molecule has 1 aliphatic heterocycles. The minimum atomic E-state index is -2.48. The van der Waals surface area contributed by atoms with Gasteiger partial charge in [0.25, 0.3) is 11.7 Å². The first-order chi connectivity index (χ1) is 13.0. The number of ether oxygens (including phenoxy) is 1. The predicted molar refractivity (Wildman–Crippen MR) is 99.5 cm³/mol. The summed E-state index contributed by atoms with van der Waals surface area (Å²) in [6.45, 7) is 0.594. The van der Waals surface area contributed by atoms with Crippen molar-refractivity contribution in [3.8, 4) is 5.75 Å². The van der Waals surface area contributed by atoms with Crippen molar-refractivity contribution >= 4 is 29.3 Å². The summed E-state index contributed by atoms with van der Waals surface area (Å²) in [5.74, 6) is -2.09. The van der Waals surface area contributed by atoms with Crippen LogP contribution < -0.4 is 15.4 Å². The summed E-state index contributed by atoms with van der Waals surface area (Å²) in [6, 6.07) is 11.5. The van der Waals surface area contributed by atoms with Gasteiger partial charge in [0.1, 0.15) is 12.4 Å². The molecule has 8 heteroatoms. The second-order valence-electron chi connectivity index (χ2n) is 5.87. The maximum absolute atomic E-state index is 12.3. The van der Waals surface area contributed by atoms with E-state index in [2.05, 4.69) is 10.6 Å². The van der Waals surface area contributed by atoms with Gasteiger partial charge in [0.15, 0.2) is 0 Å². The first-order valence-electron chi connectivity index (χ1n) is 8.40. The lowest BCUT2D eigenvalue weighted by atomic mass is 10.0. The van der Waals surface area contributed by atoms with Gasteiger partial charge in [-0.05, 0) is 54.4 Å². The number of rotatable bonds is 7. The zero-order chi connectivity index (χ0) is 19.2. The number of benzene rings is 2. The molecule has 0 aliphatic carbocycles. The van der Waals surface area contributed by atoms with Crippen molar-refractivity contribution in [1.82, 2.24) is 5.32 Å². The van der Waals surface area contributed by atoms with Gasteiger partial charge in [0.2, 0.25) is 5.91 Å². The molecular weight excluding hydrogens is 374 g/mol. The number of alkyl halides is 2. The highest BCUT2D eigenvalue weighted by molar-refractivity contribution is 7.99. The Hall–Kier alpha value is -2.61. The first-order valence-corrected chi connectivity index (χ1v) is 9.28. The second-order valence-corrected chi connectivity index (χ2v) is 6.94. The molecule has 5 nitrogen and oxygen atoms in total. The molecule has 0 bridgehead atoms. The predicted octanol–water partition coefficient (Wildman–Crippen LogP) is 3.69. The molecule has 3 rings (SSSR count). The van der Waals surface area contributed by atoms with Crippen LogP contribution in [0, 0.1) is 0 Å². The van der Waals surface area contributed by atoms with Gasteiger partial charge in [-0.25, -0.2) is 0 Å². The van der Waals surface area contributed by atoms with Gasteiger partial charge in [-0.1, -0.05) is 11.8 Å². The normalized spacial score (nSPS) is 13.1. The van der Waals surface area contributed by atoms with Gasteiger partial charge in [0.05, 0.1) is 6.54 Å². The van der Waals surface area contributed by atoms with Gasteiger partial charge >= 0.3 is 0 Å². The van der Waals surface area contributed by atoms with E-state index in [0.29, 0.717) is 47.4 Å². The molecule has 1 heterocycles. The van der Waals surface area contributed by atoms with Gasteiger partial charge < -0.3 is 15.4 Å². The number of carbonyl (C=O) groups is 2. The number of hydrogen-bond acceptors (Lipinski definition) is 4. The Morgan fingerprint density at radius 2 is 1.96 bits per heavy atom. The fourth-order valence-electron chi connectivity index (χ4n) is 2.67. The lowest BCUT2D eigenvalue weighted by Crippen LogP contribution is -2.28. The van der Waals surface area contributed by atoms with Crippen molar-refractivity contribution in [1.29, 1.82) is 0 Å². The van der Waals surface area contributed by atoms with E-state index in [1.165, 1.54) is 24.3 Å². The highest BCUT2D eigenvalue weighted by atomic mass is 32.2. The molecule has 27 heavy (non-hydrogen) atoms. The highest BCUT2D eigenvalue weighted by Crippen LogP contribution is 2.27. The van der Waals surface area contributed by atoms with E-state index in [9.17, 15) is 18.4 Å². The van der Waals surface area contributed by atoms with Crippen LogP contribution in [0.1, 0.15) is 22.3 Å². The van der Waals surface area contributed by atoms with E-state index in [1.807, 2.05) is 6.07 Å². The van der Waals surface area contributed by atoms with E-state index >= 15 is 0 Å². The average Bonchev–Trinajstić information content (AvgIpc) is 2.65. The van der Waals surface area contributed by atoms with Crippen molar-refractivity contribution in [2.24, 2.45) is 0 Å². The zero-order valence-electron chi connectivity index (χ0n) is 14.3. The number of hydrogen-bond donors (Lipinski definition) is 2. The molecule has 2 aromatic carbocycles. The molecular formula is C19H18F2N2O3S. The number of amides is 2. The van der Waals surface area contributed by atoms with Crippen LogP contribution in [-0.4, -0.2) is 30.7 Å².